The number of hydrogen-bond donors (Lipinski definition) is 3. The van der Waals surface area contributed by atoms with Crippen molar-refractivity contribution in [2.24, 2.45) is 5.73 Å². The van der Waals surface area contributed by atoms with Gasteiger partial charge in [-0.1, -0.05) is 0 Å². The van der Waals surface area contributed by atoms with Crippen molar-refractivity contribution >= 4 is 21.8 Å². The second-order valence-electron chi connectivity index (χ2n) is 3.57. The van der Waals surface area contributed by atoms with Gasteiger partial charge in [0.25, 0.3) is 0 Å². The van der Waals surface area contributed by atoms with Crippen LogP contribution >= 0.6 is 11.8 Å². The minimum atomic E-state index is -3.50. The summed E-state index contributed by atoms with van der Waals surface area (Å²) in [6.07, 6.45) is 2.79. The Balaban J connectivity index is 2.78. The fourth-order valence-electron chi connectivity index (χ4n) is 1.46. The van der Waals surface area contributed by atoms with Crippen molar-refractivity contribution in [3.63, 3.8) is 0 Å². The lowest BCUT2D eigenvalue weighted by molar-refractivity contribution is 0.579. The minimum Gasteiger partial charge on any atom is -0.325 e. The molecule has 98 valence electrons. The molecule has 17 heavy (non-hydrogen) atoms. The number of nitrogens with one attached hydrogen (secondary N) is 2. The second kappa shape index (κ2) is 6.39. The predicted octanol–water partition coefficient (Wildman–Crippen LogP) is 0.208. The Morgan fingerprint density at radius 2 is 2.24 bits per heavy atom. The van der Waals surface area contributed by atoms with E-state index in [2.05, 4.69) is 14.9 Å². The molecular formula is C9H18N4O2S2. The largest absolute Gasteiger partial charge is 0.325 e. The molecule has 0 amide bonds. The summed E-state index contributed by atoms with van der Waals surface area (Å²) in [5.41, 5.74) is 6.35. The Morgan fingerprint density at radius 3 is 2.82 bits per heavy atom. The van der Waals surface area contributed by atoms with Gasteiger partial charge in [-0.25, -0.2) is 13.1 Å². The van der Waals surface area contributed by atoms with Crippen LogP contribution in [0.2, 0.25) is 0 Å². The molecule has 1 rings (SSSR count). The Morgan fingerprint density at radius 1 is 1.53 bits per heavy atom. The SMILES string of the molecule is CSCCCNS(=O)(=O)c1c(CN)n[nH]c1C. The van der Waals surface area contributed by atoms with Crippen molar-refractivity contribution in [3.05, 3.63) is 11.4 Å². The van der Waals surface area contributed by atoms with Crippen LogP contribution in [-0.4, -0.2) is 37.2 Å². The molecule has 0 unspecified atom stereocenters. The summed E-state index contributed by atoms with van der Waals surface area (Å²) < 4.78 is 26.6. The van der Waals surface area contributed by atoms with Gasteiger partial charge in [0.2, 0.25) is 10.0 Å². The predicted molar refractivity (Wildman–Crippen MR) is 69.4 cm³/mol. The van der Waals surface area contributed by atoms with E-state index < -0.39 is 10.0 Å². The first-order valence-electron chi connectivity index (χ1n) is 5.25. The number of nitrogens with zero attached hydrogens (tertiary/aromatic N) is 1. The van der Waals surface area contributed by atoms with Crippen LogP contribution in [0.5, 0.6) is 0 Å². The molecule has 1 aromatic rings. The van der Waals surface area contributed by atoms with Crippen molar-refractivity contribution in [2.45, 2.75) is 24.8 Å². The molecule has 1 heterocycles. The lowest BCUT2D eigenvalue weighted by Gasteiger charge is -2.06. The highest BCUT2D eigenvalue weighted by Gasteiger charge is 2.22. The normalized spacial score (nSPS) is 11.9. The zero-order chi connectivity index (χ0) is 12.9. The monoisotopic (exact) mass is 278 g/mol. The van der Waals surface area contributed by atoms with Crippen LogP contribution in [0.3, 0.4) is 0 Å². The molecule has 4 N–H and O–H groups in total. The third-order valence-electron chi connectivity index (χ3n) is 2.24. The molecule has 0 fully saturated rings. The van der Waals surface area contributed by atoms with E-state index in [9.17, 15) is 8.42 Å². The van der Waals surface area contributed by atoms with Gasteiger partial charge in [-0.3, -0.25) is 5.10 Å². The summed E-state index contributed by atoms with van der Waals surface area (Å²) in [4.78, 5) is 0.184. The molecular weight excluding hydrogens is 260 g/mol. The van der Waals surface area contributed by atoms with Gasteiger partial charge in [-0.2, -0.15) is 16.9 Å². The lowest BCUT2D eigenvalue weighted by atomic mass is 10.4. The van der Waals surface area contributed by atoms with E-state index in [1.807, 2.05) is 6.26 Å². The summed E-state index contributed by atoms with van der Waals surface area (Å²) >= 11 is 1.69. The number of aryl methyl sites for hydroxylation is 1. The number of hydrogen-bond acceptors (Lipinski definition) is 5. The van der Waals surface area contributed by atoms with Crippen LogP contribution < -0.4 is 10.5 Å². The third kappa shape index (κ3) is 3.70. The number of aromatic nitrogens is 2. The molecule has 0 aliphatic heterocycles. The van der Waals surface area contributed by atoms with E-state index in [4.69, 9.17) is 5.73 Å². The summed E-state index contributed by atoms with van der Waals surface area (Å²) in [5.74, 6) is 0.927. The minimum absolute atomic E-state index is 0.103. The van der Waals surface area contributed by atoms with Crippen molar-refractivity contribution in [3.8, 4) is 0 Å². The second-order valence-corrected chi connectivity index (χ2v) is 6.26. The molecule has 1 aromatic heterocycles. The van der Waals surface area contributed by atoms with Gasteiger partial charge in [-0.05, 0) is 25.4 Å². The van der Waals surface area contributed by atoms with E-state index in [-0.39, 0.29) is 11.4 Å². The first-order chi connectivity index (χ1) is 8.03. The van der Waals surface area contributed by atoms with Crippen molar-refractivity contribution in [2.75, 3.05) is 18.6 Å². The van der Waals surface area contributed by atoms with Crippen molar-refractivity contribution < 1.29 is 8.42 Å². The Hall–Kier alpha value is -0.570. The molecule has 8 heteroatoms. The molecule has 6 nitrogen and oxygen atoms in total. The number of sulfonamides is 1. The average Bonchev–Trinajstić information content (AvgIpc) is 2.66. The Bertz CT molecular complexity index is 456. The maximum atomic E-state index is 12.0. The molecule has 0 aromatic carbocycles. The lowest BCUT2D eigenvalue weighted by Crippen LogP contribution is -2.26. The van der Waals surface area contributed by atoms with Crippen LogP contribution in [0.4, 0.5) is 0 Å². The molecule has 0 aliphatic carbocycles. The van der Waals surface area contributed by atoms with Gasteiger partial charge in [0.15, 0.2) is 0 Å². The molecule has 0 spiro atoms. The summed E-state index contributed by atoms with van der Waals surface area (Å²) in [5, 5.41) is 6.51. The van der Waals surface area contributed by atoms with Gasteiger partial charge in [0, 0.05) is 13.1 Å². The highest BCUT2D eigenvalue weighted by Crippen LogP contribution is 2.16. The van der Waals surface area contributed by atoms with Crippen molar-refractivity contribution in [1.82, 2.24) is 14.9 Å². The van der Waals surface area contributed by atoms with E-state index in [1.165, 1.54) is 0 Å². The fraction of sp³-hybridized carbons (Fsp3) is 0.667. The molecule has 0 bridgehead atoms. The summed E-state index contributed by atoms with van der Waals surface area (Å²) in [7, 11) is -3.50. The van der Waals surface area contributed by atoms with Crippen LogP contribution in [0, 0.1) is 6.92 Å². The number of thioether (sulfide) groups is 1. The van der Waals surface area contributed by atoms with Gasteiger partial charge >= 0.3 is 0 Å². The van der Waals surface area contributed by atoms with Gasteiger partial charge < -0.3 is 5.73 Å². The maximum Gasteiger partial charge on any atom is 0.244 e. The quantitative estimate of drug-likeness (QED) is 0.619. The van der Waals surface area contributed by atoms with Crippen LogP contribution in [0.15, 0.2) is 4.90 Å². The maximum absolute atomic E-state index is 12.0. The molecule has 0 atom stereocenters. The zero-order valence-electron chi connectivity index (χ0n) is 9.99. The smallest absolute Gasteiger partial charge is 0.244 e. The molecule has 0 aliphatic rings. The number of rotatable bonds is 7. The van der Waals surface area contributed by atoms with Crippen LogP contribution in [-0.2, 0) is 16.6 Å². The highest BCUT2D eigenvalue weighted by atomic mass is 32.2. The van der Waals surface area contributed by atoms with E-state index in [0.717, 1.165) is 12.2 Å². The van der Waals surface area contributed by atoms with E-state index >= 15 is 0 Å². The first kappa shape index (κ1) is 14.5. The van der Waals surface area contributed by atoms with Gasteiger partial charge in [0.05, 0.1) is 11.4 Å². The van der Waals surface area contributed by atoms with E-state index in [0.29, 0.717) is 17.9 Å². The first-order valence-corrected chi connectivity index (χ1v) is 8.13. The number of H-pyrrole nitrogens is 1. The van der Waals surface area contributed by atoms with Gasteiger partial charge in [0.1, 0.15) is 4.90 Å². The molecule has 0 radical (unpaired) electrons. The van der Waals surface area contributed by atoms with Crippen LogP contribution in [0.25, 0.3) is 0 Å². The zero-order valence-corrected chi connectivity index (χ0v) is 11.6. The number of aromatic amines is 1. The average molecular weight is 278 g/mol. The third-order valence-corrected chi connectivity index (χ3v) is 4.60. The topological polar surface area (TPSA) is 101 Å². The standard InChI is InChI=1S/C9H18N4O2S2/c1-7-9(8(6-10)13-12-7)17(14,15)11-4-3-5-16-2/h11H,3-6,10H2,1-2H3,(H,12,13). The van der Waals surface area contributed by atoms with Crippen molar-refractivity contribution in [1.29, 1.82) is 0 Å². The molecule has 0 saturated carbocycles. The number of nitrogens with two attached hydrogens (primary N) is 1. The highest BCUT2D eigenvalue weighted by molar-refractivity contribution is 7.98. The Kier molecular flexibility index (Phi) is 5.44. The van der Waals surface area contributed by atoms with Gasteiger partial charge in [-0.15, -0.1) is 0 Å². The Labute approximate surface area is 106 Å². The molecule has 0 saturated heterocycles. The summed E-state index contributed by atoms with van der Waals surface area (Å²) in [6, 6.07) is 0. The fourth-order valence-corrected chi connectivity index (χ4v) is 3.34. The van der Waals surface area contributed by atoms with Crippen LogP contribution in [0.1, 0.15) is 17.8 Å². The van der Waals surface area contributed by atoms with E-state index in [1.54, 1.807) is 18.7 Å². The summed E-state index contributed by atoms with van der Waals surface area (Å²) in [6.45, 7) is 2.20.